The van der Waals surface area contributed by atoms with Gasteiger partial charge in [-0.15, -0.1) is 0 Å². The molecule has 0 unspecified atom stereocenters. The van der Waals surface area contributed by atoms with Crippen LogP contribution in [0.4, 0.5) is 0 Å². The number of ether oxygens (including phenoxy) is 3. The van der Waals surface area contributed by atoms with Gasteiger partial charge in [-0.25, -0.2) is 13.2 Å². The van der Waals surface area contributed by atoms with Crippen molar-refractivity contribution in [3.05, 3.63) is 58.1 Å². The molecular weight excluding hydrogens is 462 g/mol. The Morgan fingerprint density at radius 2 is 1.90 bits per heavy atom. The van der Waals surface area contributed by atoms with Gasteiger partial charge in [0.25, 0.3) is 0 Å². The van der Waals surface area contributed by atoms with Crippen LogP contribution in [0.15, 0.2) is 51.8 Å². The van der Waals surface area contributed by atoms with Crippen molar-refractivity contribution in [2.24, 2.45) is 0 Å². The van der Waals surface area contributed by atoms with Gasteiger partial charge in [-0.3, -0.25) is 0 Å². The lowest BCUT2D eigenvalue weighted by Gasteiger charge is -2.26. The molecule has 0 bridgehead atoms. The van der Waals surface area contributed by atoms with Gasteiger partial charge in [0.2, 0.25) is 10.0 Å². The first kappa shape index (κ1) is 21.8. The minimum absolute atomic E-state index is 0.0323. The first-order valence-corrected chi connectivity index (χ1v) is 11.4. The standard InChI is InChI=1S/C20H22BrNO6S/c1-15-3-2-4-17(13-15)27-11-12-28-20(23)16-5-6-18(21)19(14-16)29(24,25)22-7-9-26-10-8-22/h2-6,13-14H,7-12H2,1H3. The van der Waals surface area contributed by atoms with E-state index in [9.17, 15) is 13.2 Å². The van der Waals surface area contributed by atoms with Crippen LogP contribution in [-0.2, 0) is 19.5 Å². The Hall–Kier alpha value is -1.94. The highest BCUT2D eigenvalue weighted by atomic mass is 79.9. The van der Waals surface area contributed by atoms with Gasteiger partial charge >= 0.3 is 5.97 Å². The Morgan fingerprint density at radius 1 is 1.14 bits per heavy atom. The first-order valence-electron chi connectivity index (χ1n) is 9.12. The Morgan fingerprint density at radius 3 is 2.62 bits per heavy atom. The molecule has 9 heteroatoms. The smallest absolute Gasteiger partial charge is 0.338 e. The molecule has 3 rings (SSSR count). The third kappa shape index (κ3) is 5.57. The fourth-order valence-corrected chi connectivity index (χ4v) is 5.20. The molecule has 0 atom stereocenters. The number of carbonyl (C=O) groups is 1. The normalized spacial score (nSPS) is 15.1. The monoisotopic (exact) mass is 483 g/mol. The minimum atomic E-state index is -3.74. The number of carbonyl (C=O) groups excluding carboxylic acids is 1. The molecule has 0 radical (unpaired) electrons. The highest BCUT2D eigenvalue weighted by Gasteiger charge is 2.29. The van der Waals surface area contributed by atoms with Crippen molar-refractivity contribution in [2.75, 3.05) is 39.5 Å². The molecule has 1 heterocycles. The fraction of sp³-hybridized carbons (Fsp3) is 0.350. The summed E-state index contributed by atoms with van der Waals surface area (Å²) in [5, 5.41) is 0. The zero-order chi connectivity index (χ0) is 20.9. The Balaban J connectivity index is 1.63. The number of hydrogen-bond donors (Lipinski definition) is 0. The molecule has 1 saturated heterocycles. The highest BCUT2D eigenvalue weighted by molar-refractivity contribution is 9.10. The summed E-state index contributed by atoms with van der Waals surface area (Å²) in [5.74, 6) is 0.0901. The predicted octanol–water partition coefficient (Wildman–Crippen LogP) is 3.01. The second-order valence-electron chi connectivity index (χ2n) is 6.46. The second kappa shape index (κ2) is 9.71. The molecule has 0 amide bonds. The summed E-state index contributed by atoms with van der Waals surface area (Å²) < 4.78 is 43.5. The molecule has 1 aliphatic heterocycles. The molecule has 29 heavy (non-hydrogen) atoms. The van der Waals surface area contributed by atoms with Crippen molar-refractivity contribution in [3.8, 4) is 5.75 Å². The third-order valence-electron chi connectivity index (χ3n) is 4.33. The fourth-order valence-electron chi connectivity index (χ4n) is 2.84. The SMILES string of the molecule is Cc1cccc(OCCOC(=O)c2ccc(Br)c(S(=O)(=O)N3CCOCC3)c2)c1. The second-order valence-corrected chi connectivity index (χ2v) is 9.22. The van der Waals surface area contributed by atoms with Crippen molar-refractivity contribution >= 4 is 31.9 Å². The molecule has 7 nitrogen and oxygen atoms in total. The quantitative estimate of drug-likeness (QED) is 0.444. The number of rotatable bonds is 7. The van der Waals surface area contributed by atoms with Crippen LogP contribution in [0.2, 0.25) is 0 Å². The summed E-state index contributed by atoms with van der Waals surface area (Å²) in [5.41, 5.74) is 1.24. The van der Waals surface area contributed by atoms with Gasteiger partial charge in [0, 0.05) is 17.6 Å². The van der Waals surface area contributed by atoms with E-state index in [2.05, 4.69) is 15.9 Å². The third-order valence-corrected chi connectivity index (χ3v) is 7.22. The predicted molar refractivity (Wildman–Crippen MR) is 111 cm³/mol. The van der Waals surface area contributed by atoms with Crippen molar-refractivity contribution < 1.29 is 27.4 Å². The van der Waals surface area contributed by atoms with Gasteiger partial charge in [-0.2, -0.15) is 4.31 Å². The summed E-state index contributed by atoms with van der Waals surface area (Å²) in [6.07, 6.45) is 0. The Kier molecular flexibility index (Phi) is 7.28. The highest BCUT2D eigenvalue weighted by Crippen LogP contribution is 2.27. The summed E-state index contributed by atoms with van der Waals surface area (Å²) in [4.78, 5) is 12.4. The molecular formula is C20H22BrNO6S. The lowest BCUT2D eigenvalue weighted by molar-refractivity contribution is 0.0450. The Bertz CT molecular complexity index is 973. The van der Waals surface area contributed by atoms with E-state index < -0.39 is 16.0 Å². The number of nitrogens with zero attached hydrogens (tertiary/aromatic N) is 1. The number of aryl methyl sites for hydroxylation is 1. The van der Waals surface area contributed by atoms with Crippen molar-refractivity contribution in [3.63, 3.8) is 0 Å². The van der Waals surface area contributed by atoms with Gasteiger partial charge in [0.1, 0.15) is 19.0 Å². The zero-order valence-corrected chi connectivity index (χ0v) is 18.4. The van der Waals surface area contributed by atoms with Gasteiger partial charge in [-0.05, 0) is 58.7 Å². The molecule has 1 aliphatic rings. The largest absolute Gasteiger partial charge is 0.490 e. The van der Waals surface area contributed by atoms with E-state index in [1.165, 1.54) is 22.5 Å². The number of benzene rings is 2. The summed E-state index contributed by atoms with van der Waals surface area (Å²) in [6, 6.07) is 11.9. The summed E-state index contributed by atoms with van der Waals surface area (Å²) >= 11 is 3.27. The molecule has 156 valence electrons. The zero-order valence-electron chi connectivity index (χ0n) is 16.0. The molecule has 2 aromatic carbocycles. The van der Waals surface area contributed by atoms with Gasteiger partial charge in [-0.1, -0.05) is 12.1 Å². The summed E-state index contributed by atoms with van der Waals surface area (Å²) in [6.45, 7) is 3.46. The van der Waals surface area contributed by atoms with Crippen LogP contribution >= 0.6 is 15.9 Å². The van der Waals surface area contributed by atoms with E-state index in [1.807, 2.05) is 31.2 Å². The number of esters is 1. The van der Waals surface area contributed by atoms with Crippen LogP contribution in [0.1, 0.15) is 15.9 Å². The molecule has 1 fully saturated rings. The molecule has 0 spiro atoms. The van der Waals surface area contributed by atoms with Gasteiger partial charge in [0.15, 0.2) is 0 Å². The number of halogens is 1. The molecule has 0 saturated carbocycles. The Labute approximate surface area is 178 Å². The van der Waals surface area contributed by atoms with E-state index in [-0.39, 0.29) is 36.8 Å². The van der Waals surface area contributed by atoms with Crippen molar-refractivity contribution in [1.29, 1.82) is 0 Å². The lowest BCUT2D eigenvalue weighted by atomic mass is 10.2. The van der Waals surface area contributed by atoms with Crippen LogP contribution in [0.5, 0.6) is 5.75 Å². The van der Waals surface area contributed by atoms with Crippen LogP contribution in [0.3, 0.4) is 0 Å². The molecule has 2 aromatic rings. The number of morpholine rings is 1. The first-order chi connectivity index (χ1) is 13.9. The maximum atomic E-state index is 12.9. The van der Waals surface area contributed by atoms with E-state index in [0.717, 1.165) is 5.56 Å². The van der Waals surface area contributed by atoms with Crippen molar-refractivity contribution in [1.82, 2.24) is 4.31 Å². The van der Waals surface area contributed by atoms with Crippen molar-refractivity contribution in [2.45, 2.75) is 11.8 Å². The number of hydrogen-bond acceptors (Lipinski definition) is 6. The maximum Gasteiger partial charge on any atom is 0.338 e. The average Bonchev–Trinajstić information content (AvgIpc) is 2.72. The lowest BCUT2D eigenvalue weighted by Crippen LogP contribution is -2.40. The van der Waals surface area contributed by atoms with Crippen LogP contribution in [-0.4, -0.2) is 58.2 Å². The van der Waals surface area contributed by atoms with Crippen LogP contribution < -0.4 is 4.74 Å². The average molecular weight is 484 g/mol. The van der Waals surface area contributed by atoms with Gasteiger partial charge < -0.3 is 14.2 Å². The minimum Gasteiger partial charge on any atom is -0.490 e. The molecule has 0 aromatic heterocycles. The van der Waals surface area contributed by atoms with Gasteiger partial charge in [0.05, 0.1) is 23.7 Å². The number of sulfonamides is 1. The van der Waals surface area contributed by atoms with E-state index in [1.54, 1.807) is 0 Å². The topological polar surface area (TPSA) is 82.1 Å². The molecule has 0 N–H and O–H groups in total. The van der Waals surface area contributed by atoms with Crippen LogP contribution in [0.25, 0.3) is 0 Å². The van der Waals surface area contributed by atoms with E-state index in [4.69, 9.17) is 14.2 Å². The summed E-state index contributed by atoms with van der Waals surface area (Å²) in [7, 11) is -3.74. The maximum absolute atomic E-state index is 12.9. The van der Waals surface area contributed by atoms with E-state index in [0.29, 0.717) is 23.4 Å². The van der Waals surface area contributed by atoms with E-state index >= 15 is 0 Å². The molecule has 0 aliphatic carbocycles. The van der Waals surface area contributed by atoms with Crippen LogP contribution in [0, 0.1) is 6.92 Å².